The summed E-state index contributed by atoms with van der Waals surface area (Å²) in [6.07, 6.45) is 1.64. The van der Waals surface area contributed by atoms with Crippen molar-refractivity contribution in [1.82, 2.24) is 4.98 Å². The highest BCUT2D eigenvalue weighted by Gasteiger charge is 2.11. The monoisotopic (exact) mass is 301 g/mol. The molecule has 2 nitrogen and oxygen atoms in total. The molecule has 0 N–H and O–H groups in total. The van der Waals surface area contributed by atoms with Crippen molar-refractivity contribution in [1.29, 1.82) is 0 Å². The fourth-order valence-electron chi connectivity index (χ4n) is 1.12. The molecule has 0 aliphatic carbocycles. The quantitative estimate of drug-likeness (QED) is 0.780. The van der Waals surface area contributed by atoms with Crippen LogP contribution in [-0.4, -0.2) is 10.8 Å². The van der Waals surface area contributed by atoms with Crippen LogP contribution in [0.4, 0.5) is 0 Å². The molecule has 0 spiro atoms. The van der Waals surface area contributed by atoms with Crippen molar-refractivity contribution in [3.05, 3.63) is 26.5 Å². The summed E-state index contributed by atoms with van der Waals surface area (Å²) >= 11 is 6.60. The number of hydrogen-bond donors (Lipinski definition) is 0. The Balaban J connectivity index is 2.41. The Hall–Kier alpha value is -0.520. The minimum absolute atomic E-state index is 0.0751. The van der Waals surface area contributed by atoms with Crippen molar-refractivity contribution in [2.45, 2.75) is 13.8 Å². The average Bonchev–Trinajstić information content (AvgIpc) is 2.74. The lowest BCUT2D eigenvalue weighted by molar-refractivity contribution is 0.102. The molecule has 0 unspecified atom stereocenters. The maximum Gasteiger partial charge on any atom is 0.171 e. The molecule has 0 saturated heterocycles. The number of ketones is 1. The second-order valence-electron chi connectivity index (χ2n) is 3.10. The number of thiazole rings is 1. The number of carbonyl (C=O) groups is 1. The number of carbonyl (C=O) groups excluding carboxylic acids is 1. The molecule has 0 fully saturated rings. The summed E-state index contributed by atoms with van der Waals surface area (Å²) in [7, 11) is 0. The Kier molecular flexibility index (Phi) is 3.04. The van der Waals surface area contributed by atoms with Gasteiger partial charge in [0, 0.05) is 22.5 Å². The van der Waals surface area contributed by atoms with Crippen molar-refractivity contribution >= 4 is 44.4 Å². The van der Waals surface area contributed by atoms with Crippen LogP contribution in [0.2, 0.25) is 0 Å². The van der Waals surface area contributed by atoms with Gasteiger partial charge in [-0.15, -0.1) is 22.7 Å². The fraction of sp³-hybridized carbons (Fsp3) is 0.200. The number of aromatic nitrogens is 1. The highest BCUT2D eigenvalue weighted by molar-refractivity contribution is 9.10. The van der Waals surface area contributed by atoms with Gasteiger partial charge in [-0.1, -0.05) is 0 Å². The van der Waals surface area contributed by atoms with Crippen molar-refractivity contribution in [2.75, 3.05) is 0 Å². The van der Waals surface area contributed by atoms with E-state index in [4.69, 9.17) is 0 Å². The van der Waals surface area contributed by atoms with E-state index in [1.807, 2.05) is 6.07 Å². The van der Waals surface area contributed by atoms with E-state index >= 15 is 0 Å². The van der Waals surface area contributed by atoms with E-state index in [-0.39, 0.29) is 5.78 Å². The van der Waals surface area contributed by atoms with Gasteiger partial charge >= 0.3 is 0 Å². The average molecular weight is 302 g/mol. The lowest BCUT2D eigenvalue weighted by Gasteiger charge is -1.86. The van der Waals surface area contributed by atoms with Crippen molar-refractivity contribution in [2.24, 2.45) is 0 Å². The SMILES string of the molecule is CC(=O)c1cnc(-c2cc(Br)c(C)s2)s1. The van der Waals surface area contributed by atoms with Gasteiger partial charge in [0.05, 0.1) is 9.75 Å². The largest absolute Gasteiger partial charge is 0.294 e. The van der Waals surface area contributed by atoms with E-state index in [2.05, 4.69) is 27.8 Å². The maximum atomic E-state index is 11.1. The number of Topliss-reactive ketones (excluding diaryl/α,β-unsaturated/α-hetero) is 1. The number of hydrogen-bond acceptors (Lipinski definition) is 4. The molecule has 78 valence electrons. The van der Waals surface area contributed by atoms with Crippen molar-refractivity contribution in [3.63, 3.8) is 0 Å². The van der Waals surface area contributed by atoms with Crippen LogP contribution < -0.4 is 0 Å². The minimum atomic E-state index is 0.0751. The van der Waals surface area contributed by atoms with Gasteiger partial charge in [-0.25, -0.2) is 4.98 Å². The summed E-state index contributed by atoms with van der Waals surface area (Å²) in [5.41, 5.74) is 0. The van der Waals surface area contributed by atoms with Crippen LogP contribution in [0.15, 0.2) is 16.7 Å². The predicted molar refractivity (Wildman–Crippen MR) is 67.9 cm³/mol. The van der Waals surface area contributed by atoms with Gasteiger partial charge in [0.1, 0.15) is 5.01 Å². The summed E-state index contributed by atoms with van der Waals surface area (Å²) in [6.45, 7) is 3.62. The molecule has 0 amide bonds. The third-order valence-corrected chi connectivity index (χ3v) is 5.32. The summed E-state index contributed by atoms with van der Waals surface area (Å²) < 4.78 is 1.10. The topological polar surface area (TPSA) is 30.0 Å². The lowest BCUT2D eigenvalue weighted by atomic mass is 10.4. The Labute approximate surface area is 104 Å². The molecular formula is C10H8BrNOS2. The zero-order valence-electron chi connectivity index (χ0n) is 8.20. The second-order valence-corrected chi connectivity index (χ2v) is 6.24. The van der Waals surface area contributed by atoms with Crippen LogP contribution in [0.3, 0.4) is 0 Å². The first kappa shape index (κ1) is 11.0. The summed E-state index contributed by atoms with van der Waals surface area (Å²) in [4.78, 5) is 18.4. The van der Waals surface area contributed by atoms with E-state index < -0.39 is 0 Å². The van der Waals surface area contributed by atoms with Crippen LogP contribution in [0.1, 0.15) is 21.5 Å². The summed E-state index contributed by atoms with van der Waals surface area (Å²) in [6, 6.07) is 2.04. The molecule has 0 atom stereocenters. The molecular weight excluding hydrogens is 294 g/mol. The molecule has 0 radical (unpaired) electrons. The Bertz CT molecular complexity index is 496. The Morgan fingerprint density at radius 1 is 1.47 bits per heavy atom. The molecule has 2 rings (SSSR count). The van der Waals surface area contributed by atoms with Gasteiger partial charge in [0.2, 0.25) is 0 Å². The van der Waals surface area contributed by atoms with E-state index in [1.54, 1.807) is 24.5 Å². The van der Waals surface area contributed by atoms with Gasteiger partial charge in [0.15, 0.2) is 5.78 Å². The number of aryl methyl sites for hydroxylation is 1. The molecule has 5 heteroatoms. The molecule has 0 bridgehead atoms. The number of halogens is 1. The first-order valence-electron chi connectivity index (χ1n) is 4.31. The van der Waals surface area contributed by atoms with Crippen LogP contribution in [-0.2, 0) is 0 Å². The predicted octanol–water partition coefficient (Wildman–Crippen LogP) is 4.15. The number of nitrogens with zero attached hydrogens (tertiary/aromatic N) is 1. The van der Waals surface area contributed by atoms with Crippen LogP contribution >= 0.6 is 38.6 Å². The minimum Gasteiger partial charge on any atom is -0.294 e. The zero-order chi connectivity index (χ0) is 11.0. The van der Waals surface area contributed by atoms with E-state index in [1.165, 1.54) is 16.2 Å². The maximum absolute atomic E-state index is 11.1. The van der Waals surface area contributed by atoms with Crippen molar-refractivity contribution < 1.29 is 4.79 Å². The fourth-order valence-corrected chi connectivity index (χ4v) is 3.51. The van der Waals surface area contributed by atoms with Crippen molar-refractivity contribution in [3.8, 4) is 9.88 Å². The van der Waals surface area contributed by atoms with Gasteiger partial charge in [-0.05, 0) is 28.9 Å². The van der Waals surface area contributed by atoms with Crippen LogP contribution in [0, 0.1) is 6.92 Å². The van der Waals surface area contributed by atoms with E-state index in [9.17, 15) is 4.79 Å². The van der Waals surface area contributed by atoms with E-state index in [0.717, 1.165) is 14.4 Å². The van der Waals surface area contributed by atoms with Crippen LogP contribution in [0.5, 0.6) is 0 Å². The first-order chi connectivity index (χ1) is 7.08. The third-order valence-electron chi connectivity index (χ3n) is 1.92. The van der Waals surface area contributed by atoms with E-state index in [0.29, 0.717) is 4.88 Å². The summed E-state index contributed by atoms with van der Waals surface area (Å²) in [5, 5.41) is 0.916. The Morgan fingerprint density at radius 3 is 2.67 bits per heavy atom. The molecule has 15 heavy (non-hydrogen) atoms. The van der Waals surface area contributed by atoms with Crippen LogP contribution in [0.25, 0.3) is 9.88 Å². The molecule has 0 aliphatic rings. The molecule has 0 saturated carbocycles. The van der Waals surface area contributed by atoms with Gasteiger partial charge < -0.3 is 0 Å². The first-order valence-corrected chi connectivity index (χ1v) is 6.73. The highest BCUT2D eigenvalue weighted by atomic mass is 79.9. The van der Waals surface area contributed by atoms with Gasteiger partial charge in [-0.2, -0.15) is 0 Å². The molecule has 2 heterocycles. The molecule has 2 aromatic heterocycles. The normalized spacial score (nSPS) is 10.6. The Morgan fingerprint density at radius 2 is 2.20 bits per heavy atom. The zero-order valence-corrected chi connectivity index (χ0v) is 11.4. The van der Waals surface area contributed by atoms with Gasteiger partial charge in [-0.3, -0.25) is 4.79 Å². The second kappa shape index (κ2) is 4.15. The standard InChI is InChI=1S/C10H8BrNOS2/c1-5(13)9-4-12-10(15-9)8-3-7(11)6(2)14-8/h3-4H,1-2H3. The number of thiophene rings is 1. The molecule has 0 aliphatic heterocycles. The molecule has 0 aromatic carbocycles. The highest BCUT2D eigenvalue weighted by Crippen LogP contribution is 2.35. The smallest absolute Gasteiger partial charge is 0.171 e. The third kappa shape index (κ3) is 2.19. The lowest BCUT2D eigenvalue weighted by Crippen LogP contribution is -1.83. The number of rotatable bonds is 2. The summed E-state index contributed by atoms with van der Waals surface area (Å²) in [5.74, 6) is 0.0751. The van der Waals surface area contributed by atoms with Gasteiger partial charge in [0.25, 0.3) is 0 Å². The molecule has 2 aromatic rings.